The van der Waals surface area contributed by atoms with E-state index in [9.17, 15) is 9.59 Å². The molecule has 2 aromatic carbocycles. The second kappa shape index (κ2) is 8.76. The highest BCUT2D eigenvalue weighted by Gasteiger charge is 2.27. The van der Waals surface area contributed by atoms with Crippen molar-refractivity contribution in [2.75, 3.05) is 26.2 Å². The van der Waals surface area contributed by atoms with Crippen LogP contribution in [0.3, 0.4) is 0 Å². The summed E-state index contributed by atoms with van der Waals surface area (Å²) in [5, 5.41) is 4.79. The van der Waals surface area contributed by atoms with Gasteiger partial charge in [0, 0.05) is 44.9 Å². The van der Waals surface area contributed by atoms with Crippen LogP contribution < -0.4 is 0 Å². The second-order valence-electron chi connectivity index (χ2n) is 8.24. The molecule has 6 heteroatoms. The number of aryl methyl sites for hydroxylation is 2. The van der Waals surface area contributed by atoms with Crippen LogP contribution in [0.2, 0.25) is 0 Å². The summed E-state index contributed by atoms with van der Waals surface area (Å²) in [6.45, 7) is 8.49. The van der Waals surface area contributed by atoms with Crippen LogP contribution >= 0.6 is 0 Å². The standard InChI is InChI=1S/C25H28N4O2/c1-18-4-8-21(9-5-18)16-29-17-23(24(26-29)22-10-6-19(2)7-11-22)25(31)28-14-12-27(13-15-28)20(3)30/h4-11,17H,12-16H2,1-3H3. The fourth-order valence-corrected chi connectivity index (χ4v) is 3.86. The third kappa shape index (κ3) is 4.68. The zero-order valence-corrected chi connectivity index (χ0v) is 18.3. The van der Waals surface area contributed by atoms with Crippen LogP contribution in [0.25, 0.3) is 11.3 Å². The quantitative estimate of drug-likeness (QED) is 0.654. The van der Waals surface area contributed by atoms with E-state index in [1.165, 1.54) is 5.56 Å². The Labute approximate surface area is 183 Å². The Bertz CT molecular complexity index is 1080. The minimum Gasteiger partial charge on any atom is -0.339 e. The lowest BCUT2D eigenvalue weighted by Crippen LogP contribution is -2.50. The maximum Gasteiger partial charge on any atom is 0.257 e. The Morgan fingerprint density at radius 2 is 1.39 bits per heavy atom. The van der Waals surface area contributed by atoms with Crippen molar-refractivity contribution in [1.29, 1.82) is 0 Å². The monoisotopic (exact) mass is 416 g/mol. The van der Waals surface area contributed by atoms with Gasteiger partial charge in [0.05, 0.1) is 12.1 Å². The molecule has 1 aromatic heterocycles. The van der Waals surface area contributed by atoms with Crippen LogP contribution in [0.5, 0.6) is 0 Å². The molecule has 0 unspecified atom stereocenters. The van der Waals surface area contributed by atoms with E-state index in [0.717, 1.165) is 16.7 Å². The summed E-state index contributed by atoms with van der Waals surface area (Å²) in [6, 6.07) is 16.4. The van der Waals surface area contributed by atoms with Crippen molar-refractivity contribution in [2.24, 2.45) is 0 Å². The van der Waals surface area contributed by atoms with Gasteiger partial charge in [-0.1, -0.05) is 59.7 Å². The lowest BCUT2D eigenvalue weighted by Gasteiger charge is -2.34. The van der Waals surface area contributed by atoms with Crippen molar-refractivity contribution in [3.05, 3.63) is 77.0 Å². The Morgan fingerprint density at radius 1 is 0.839 bits per heavy atom. The van der Waals surface area contributed by atoms with Gasteiger partial charge in [-0.25, -0.2) is 0 Å². The molecule has 4 rings (SSSR count). The fourth-order valence-electron chi connectivity index (χ4n) is 3.86. The molecule has 160 valence electrons. The van der Waals surface area contributed by atoms with Crippen molar-refractivity contribution in [1.82, 2.24) is 19.6 Å². The Balaban J connectivity index is 1.63. The van der Waals surface area contributed by atoms with E-state index >= 15 is 0 Å². The number of nitrogens with zero attached hydrogens (tertiary/aromatic N) is 4. The highest BCUT2D eigenvalue weighted by molar-refractivity contribution is 6.00. The third-order valence-electron chi connectivity index (χ3n) is 5.79. The molecule has 0 radical (unpaired) electrons. The largest absolute Gasteiger partial charge is 0.339 e. The number of rotatable bonds is 4. The molecule has 0 saturated carbocycles. The summed E-state index contributed by atoms with van der Waals surface area (Å²) >= 11 is 0. The Hall–Kier alpha value is -3.41. The van der Waals surface area contributed by atoms with Crippen LogP contribution in [-0.2, 0) is 11.3 Å². The molecule has 1 fully saturated rings. The molecule has 0 aliphatic carbocycles. The summed E-state index contributed by atoms with van der Waals surface area (Å²) in [6.07, 6.45) is 1.86. The number of piperazine rings is 1. The van der Waals surface area contributed by atoms with Crippen LogP contribution in [0, 0.1) is 13.8 Å². The summed E-state index contributed by atoms with van der Waals surface area (Å²) in [4.78, 5) is 28.6. The summed E-state index contributed by atoms with van der Waals surface area (Å²) in [5.74, 6) is 0.0206. The molecule has 0 bridgehead atoms. The van der Waals surface area contributed by atoms with Crippen molar-refractivity contribution >= 4 is 11.8 Å². The first kappa shape index (κ1) is 20.8. The molecule has 1 aliphatic heterocycles. The molecule has 0 atom stereocenters. The molecule has 1 saturated heterocycles. The summed E-state index contributed by atoms with van der Waals surface area (Å²) in [5.41, 5.74) is 5.75. The van der Waals surface area contributed by atoms with Crippen molar-refractivity contribution < 1.29 is 9.59 Å². The Kier molecular flexibility index (Phi) is 5.89. The molecular formula is C25H28N4O2. The van der Waals surface area contributed by atoms with Crippen molar-refractivity contribution in [3.63, 3.8) is 0 Å². The van der Waals surface area contributed by atoms with Gasteiger partial charge >= 0.3 is 0 Å². The average Bonchev–Trinajstić information content (AvgIpc) is 3.19. The van der Waals surface area contributed by atoms with Gasteiger partial charge in [-0.3, -0.25) is 14.3 Å². The predicted molar refractivity (Wildman–Crippen MR) is 121 cm³/mol. The first-order chi connectivity index (χ1) is 14.9. The number of carbonyl (C=O) groups is 2. The number of aromatic nitrogens is 2. The van der Waals surface area contributed by atoms with Crippen LogP contribution in [0.1, 0.15) is 34.0 Å². The number of hydrogen-bond acceptors (Lipinski definition) is 3. The minimum atomic E-state index is -0.0334. The molecule has 2 heterocycles. The van der Waals surface area contributed by atoms with E-state index in [2.05, 4.69) is 31.2 Å². The SMILES string of the molecule is CC(=O)N1CCN(C(=O)c2cn(Cc3ccc(C)cc3)nc2-c2ccc(C)cc2)CC1. The number of carbonyl (C=O) groups excluding carboxylic acids is 2. The maximum absolute atomic E-state index is 13.4. The zero-order chi connectivity index (χ0) is 22.0. The fraction of sp³-hybridized carbons (Fsp3) is 0.320. The van der Waals surface area contributed by atoms with E-state index in [1.807, 2.05) is 47.0 Å². The molecule has 3 aromatic rings. The molecule has 6 nitrogen and oxygen atoms in total. The van der Waals surface area contributed by atoms with Gasteiger partial charge < -0.3 is 9.80 Å². The van der Waals surface area contributed by atoms with E-state index in [0.29, 0.717) is 44.0 Å². The van der Waals surface area contributed by atoms with Gasteiger partial charge in [0.15, 0.2) is 0 Å². The molecule has 1 aliphatic rings. The first-order valence-electron chi connectivity index (χ1n) is 10.7. The molecule has 31 heavy (non-hydrogen) atoms. The molecule has 2 amide bonds. The Morgan fingerprint density at radius 3 is 1.97 bits per heavy atom. The maximum atomic E-state index is 13.4. The van der Waals surface area contributed by atoms with Crippen LogP contribution in [0.15, 0.2) is 54.7 Å². The van der Waals surface area contributed by atoms with Gasteiger partial charge in [0.25, 0.3) is 5.91 Å². The van der Waals surface area contributed by atoms with Crippen molar-refractivity contribution in [2.45, 2.75) is 27.3 Å². The number of benzene rings is 2. The van der Waals surface area contributed by atoms with Gasteiger partial charge in [0.2, 0.25) is 5.91 Å². The smallest absolute Gasteiger partial charge is 0.257 e. The highest BCUT2D eigenvalue weighted by atomic mass is 16.2. The minimum absolute atomic E-state index is 0.0334. The highest BCUT2D eigenvalue weighted by Crippen LogP contribution is 2.25. The van der Waals surface area contributed by atoms with Gasteiger partial charge in [-0.2, -0.15) is 5.10 Å². The van der Waals surface area contributed by atoms with E-state index in [4.69, 9.17) is 5.10 Å². The number of amides is 2. The van der Waals surface area contributed by atoms with E-state index in [1.54, 1.807) is 11.8 Å². The van der Waals surface area contributed by atoms with Crippen LogP contribution in [-0.4, -0.2) is 57.6 Å². The molecule has 0 spiro atoms. The van der Waals surface area contributed by atoms with Crippen molar-refractivity contribution in [3.8, 4) is 11.3 Å². The summed E-state index contributed by atoms with van der Waals surface area (Å²) < 4.78 is 1.85. The van der Waals surface area contributed by atoms with Crippen LogP contribution in [0.4, 0.5) is 0 Å². The van der Waals surface area contributed by atoms with Gasteiger partial charge in [-0.05, 0) is 19.4 Å². The predicted octanol–water partition coefficient (Wildman–Crippen LogP) is 3.52. The summed E-state index contributed by atoms with van der Waals surface area (Å²) in [7, 11) is 0. The second-order valence-corrected chi connectivity index (χ2v) is 8.24. The zero-order valence-electron chi connectivity index (χ0n) is 18.3. The number of hydrogen-bond donors (Lipinski definition) is 0. The normalized spacial score (nSPS) is 14.0. The van der Waals surface area contributed by atoms with E-state index < -0.39 is 0 Å². The third-order valence-corrected chi connectivity index (χ3v) is 5.79. The average molecular weight is 417 g/mol. The molecular weight excluding hydrogens is 388 g/mol. The lowest BCUT2D eigenvalue weighted by atomic mass is 10.1. The van der Waals surface area contributed by atoms with E-state index in [-0.39, 0.29) is 11.8 Å². The van der Waals surface area contributed by atoms with Gasteiger partial charge in [0.1, 0.15) is 5.69 Å². The molecule has 0 N–H and O–H groups in total. The first-order valence-corrected chi connectivity index (χ1v) is 10.7. The topological polar surface area (TPSA) is 58.4 Å². The van der Waals surface area contributed by atoms with Gasteiger partial charge in [-0.15, -0.1) is 0 Å². The lowest BCUT2D eigenvalue weighted by molar-refractivity contribution is -0.130.